The Kier molecular flexibility index (Phi) is 6.30. The summed E-state index contributed by atoms with van der Waals surface area (Å²) >= 11 is 1.86. The highest BCUT2D eigenvalue weighted by Crippen LogP contribution is 2.35. The topological polar surface area (TPSA) is 12.5 Å². The van der Waals surface area contributed by atoms with Crippen LogP contribution in [0.2, 0.25) is 0 Å². The number of aryl methyl sites for hydroxylation is 1. The maximum atomic E-state index is 5.38. The number of hydrogen-bond donors (Lipinski definition) is 0. The first kappa shape index (κ1) is 17.3. The van der Waals surface area contributed by atoms with E-state index in [1.54, 1.807) is 7.11 Å². The van der Waals surface area contributed by atoms with Gasteiger partial charge >= 0.3 is 0 Å². The SMILES string of the molecule is COc1ccc2c(c1)C(CN(C)CCc1cccs1)CC2.Cl. The zero-order valence-electron chi connectivity index (χ0n) is 13.2. The first-order valence-corrected chi connectivity index (χ1v) is 8.52. The predicted octanol–water partition coefficient (Wildman–Crippen LogP) is 4.38. The molecule has 2 nitrogen and oxygen atoms in total. The summed E-state index contributed by atoms with van der Waals surface area (Å²) in [6, 6.07) is 10.9. The Labute approximate surface area is 143 Å². The van der Waals surface area contributed by atoms with Crippen molar-refractivity contribution < 1.29 is 4.74 Å². The molecule has 120 valence electrons. The molecule has 1 aliphatic rings. The van der Waals surface area contributed by atoms with Gasteiger partial charge in [0, 0.05) is 18.0 Å². The van der Waals surface area contributed by atoms with Crippen LogP contribution in [-0.4, -0.2) is 32.1 Å². The number of methoxy groups -OCH3 is 1. The average Bonchev–Trinajstić information content (AvgIpc) is 3.15. The van der Waals surface area contributed by atoms with E-state index in [-0.39, 0.29) is 12.4 Å². The van der Waals surface area contributed by atoms with Crippen LogP contribution in [0.1, 0.15) is 28.3 Å². The van der Waals surface area contributed by atoms with Crippen LogP contribution in [0, 0.1) is 0 Å². The Hall–Kier alpha value is -1.03. The largest absolute Gasteiger partial charge is 0.497 e. The lowest BCUT2D eigenvalue weighted by atomic mass is 10.0. The number of ether oxygens (including phenoxy) is 1. The van der Waals surface area contributed by atoms with Gasteiger partial charge in [0.1, 0.15) is 5.75 Å². The number of halogens is 1. The van der Waals surface area contributed by atoms with Crippen molar-refractivity contribution in [1.82, 2.24) is 4.90 Å². The van der Waals surface area contributed by atoms with Gasteiger partial charge in [-0.15, -0.1) is 23.7 Å². The Morgan fingerprint density at radius 2 is 2.18 bits per heavy atom. The lowest BCUT2D eigenvalue weighted by Crippen LogP contribution is -2.26. The summed E-state index contributed by atoms with van der Waals surface area (Å²) in [4.78, 5) is 3.95. The Morgan fingerprint density at radius 1 is 1.32 bits per heavy atom. The number of rotatable bonds is 6. The molecular formula is C18H24ClNOS. The molecule has 3 rings (SSSR count). The highest BCUT2D eigenvalue weighted by Gasteiger charge is 2.24. The molecule has 4 heteroatoms. The molecule has 0 aliphatic heterocycles. The van der Waals surface area contributed by atoms with Crippen LogP contribution in [0.25, 0.3) is 0 Å². The van der Waals surface area contributed by atoms with Gasteiger partial charge in [0.15, 0.2) is 0 Å². The average molecular weight is 338 g/mol. The third-order valence-corrected chi connectivity index (χ3v) is 5.34. The Morgan fingerprint density at radius 3 is 2.91 bits per heavy atom. The summed E-state index contributed by atoms with van der Waals surface area (Å²) < 4.78 is 5.38. The van der Waals surface area contributed by atoms with Crippen molar-refractivity contribution in [3.8, 4) is 5.75 Å². The minimum Gasteiger partial charge on any atom is -0.497 e. The van der Waals surface area contributed by atoms with E-state index in [0.717, 1.165) is 25.3 Å². The molecular weight excluding hydrogens is 314 g/mol. The molecule has 0 amide bonds. The number of thiophene rings is 1. The highest BCUT2D eigenvalue weighted by molar-refractivity contribution is 7.09. The van der Waals surface area contributed by atoms with Crippen LogP contribution >= 0.6 is 23.7 Å². The maximum Gasteiger partial charge on any atom is 0.119 e. The smallest absolute Gasteiger partial charge is 0.119 e. The second-order valence-electron chi connectivity index (χ2n) is 5.89. The third kappa shape index (κ3) is 4.03. The van der Waals surface area contributed by atoms with Crippen LogP contribution in [0.15, 0.2) is 35.7 Å². The van der Waals surface area contributed by atoms with Crippen LogP contribution in [-0.2, 0) is 12.8 Å². The summed E-state index contributed by atoms with van der Waals surface area (Å²) in [6.07, 6.45) is 3.64. The quantitative estimate of drug-likeness (QED) is 0.775. The fourth-order valence-corrected chi connectivity index (χ4v) is 3.90. The van der Waals surface area contributed by atoms with E-state index in [1.807, 2.05) is 11.3 Å². The molecule has 0 saturated heterocycles. The standard InChI is InChI=1S/C18H23NOS.ClH/c1-19(10-9-17-4-3-11-21-17)13-15-6-5-14-7-8-16(20-2)12-18(14)15;/h3-4,7-8,11-12,15H,5-6,9-10,13H2,1-2H3;1H. The first-order chi connectivity index (χ1) is 10.3. The van der Waals surface area contributed by atoms with Crippen molar-refractivity contribution >= 4 is 23.7 Å². The second-order valence-corrected chi connectivity index (χ2v) is 6.92. The van der Waals surface area contributed by atoms with Gasteiger partial charge in [0.05, 0.1) is 7.11 Å². The normalized spacial score (nSPS) is 16.4. The number of hydrogen-bond acceptors (Lipinski definition) is 3. The molecule has 1 aromatic carbocycles. The Balaban J connectivity index is 0.00000176. The Bertz CT molecular complexity index is 585. The van der Waals surface area contributed by atoms with Gasteiger partial charge < -0.3 is 9.64 Å². The molecule has 0 N–H and O–H groups in total. The molecule has 1 unspecified atom stereocenters. The van der Waals surface area contributed by atoms with Gasteiger partial charge in [-0.3, -0.25) is 0 Å². The number of benzene rings is 1. The molecule has 0 saturated carbocycles. The molecule has 0 radical (unpaired) electrons. The van der Waals surface area contributed by atoms with Gasteiger partial charge in [-0.05, 0) is 66.9 Å². The zero-order valence-corrected chi connectivity index (χ0v) is 14.9. The molecule has 0 fully saturated rings. The van der Waals surface area contributed by atoms with Gasteiger partial charge in [-0.25, -0.2) is 0 Å². The van der Waals surface area contributed by atoms with Gasteiger partial charge in [0.25, 0.3) is 0 Å². The lowest BCUT2D eigenvalue weighted by molar-refractivity contribution is 0.313. The highest BCUT2D eigenvalue weighted by atomic mass is 35.5. The van der Waals surface area contributed by atoms with Gasteiger partial charge in [-0.2, -0.15) is 0 Å². The molecule has 0 bridgehead atoms. The lowest BCUT2D eigenvalue weighted by Gasteiger charge is -2.21. The monoisotopic (exact) mass is 337 g/mol. The van der Waals surface area contributed by atoms with Crippen molar-refractivity contribution in [3.05, 3.63) is 51.7 Å². The van der Waals surface area contributed by atoms with Crippen molar-refractivity contribution in [2.24, 2.45) is 0 Å². The van der Waals surface area contributed by atoms with Gasteiger partial charge in [0.2, 0.25) is 0 Å². The summed E-state index contributed by atoms with van der Waals surface area (Å²) in [7, 11) is 3.99. The number of fused-ring (bicyclic) bond motifs is 1. The van der Waals surface area contributed by atoms with Crippen molar-refractivity contribution in [3.63, 3.8) is 0 Å². The van der Waals surface area contributed by atoms with Crippen LogP contribution in [0.4, 0.5) is 0 Å². The van der Waals surface area contributed by atoms with Crippen molar-refractivity contribution in [1.29, 1.82) is 0 Å². The first-order valence-electron chi connectivity index (χ1n) is 7.64. The van der Waals surface area contributed by atoms with Crippen LogP contribution in [0.5, 0.6) is 5.75 Å². The molecule has 1 heterocycles. The number of likely N-dealkylation sites (N-methyl/N-ethyl adjacent to an activating group) is 1. The van der Waals surface area contributed by atoms with E-state index >= 15 is 0 Å². The molecule has 0 spiro atoms. The van der Waals surface area contributed by atoms with E-state index in [4.69, 9.17) is 4.74 Å². The van der Waals surface area contributed by atoms with Crippen LogP contribution < -0.4 is 4.74 Å². The second kappa shape index (κ2) is 8.00. The van der Waals surface area contributed by atoms with E-state index in [2.05, 4.69) is 47.7 Å². The van der Waals surface area contributed by atoms with Crippen LogP contribution in [0.3, 0.4) is 0 Å². The van der Waals surface area contributed by atoms with Gasteiger partial charge in [-0.1, -0.05) is 12.1 Å². The summed E-state index contributed by atoms with van der Waals surface area (Å²) in [5, 5.41) is 2.16. The fraction of sp³-hybridized carbons (Fsp3) is 0.444. The van der Waals surface area contributed by atoms with Crippen molar-refractivity contribution in [2.45, 2.75) is 25.2 Å². The summed E-state index contributed by atoms with van der Waals surface area (Å²) in [5.74, 6) is 1.64. The number of nitrogens with zero attached hydrogens (tertiary/aromatic N) is 1. The summed E-state index contributed by atoms with van der Waals surface area (Å²) in [6.45, 7) is 2.28. The molecule has 1 aliphatic carbocycles. The minimum absolute atomic E-state index is 0. The van der Waals surface area contributed by atoms with E-state index in [0.29, 0.717) is 5.92 Å². The van der Waals surface area contributed by atoms with Crippen molar-refractivity contribution in [2.75, 3.05) is 27.2 Å². The molecule has 22 heavy (non-hydrogen) atoms. The zero-order chi connectivity index (χ0) is 14.7. The fourth-order valence-electron chi connectivity index (χ4n) is 3.21. The molecule has 2 aromatic rings. The van der Waals surface area contributed by atoms with E-state index in [9.17, 15) is 0 Å². The summed E-state index contributed by atoms with van der Waals surface area (Å²) in [5.41, 5.74) is 3.00. The third-order valence-electron chi connectivity index (χ3n) is 4.41. The van der Waals surface area contributed by atoms with E-state index < -0.39 is 0 Å². The predicted molar refractivity (Wildman–Crippen MR) is 96.8 cm³/mol. The minimum atomic E-state index is 0. The van der Waals surface area contributed by atoms with E-state index in [1.165, 1.54) is 28.8 Å². The molecule has 1 aromatic heterocycles. The molecule has 1 atom stereocenters. The maximum absolute atomic E-state index is 5.38.